The van der Waals surface area contributed by atoms with Crippen molar-refractivity contribution in [3.05, 3.63) is 0 Å². The maximum absolute atomic E-state index is 6.21. The van der Waals surface area contributed by atoms with Gasteiger partial charge in [-0.1, -0.05) is 40.0 Å². The predicted octanol–water partition coefficient (Wildman–Crippen LogP) is 3.45. The molecule has 0 spiro atoms. The molecular weight excluding hydrogens is 208 g/mol. The average Bonchev–Trinajstić information content (AvgIpc) is 2.22. The highest BCUT2D eigenvalue weighted by atomic mass is 14.9. The molecule has 102 valence electrons. The van der Waals surface area contributed by atoms with Crippen molar-refractivity contribution >= 4 is 0 Å². The number of nitrogens with two attached hydrogens (primary N) is 1. The fourth-order valence-electron chi connectivity index (χ4n) is 2.59. The van der Waals surface area contributed by atoms with Crippen LogP contribution in [-0.2, 0) is 0 Å². The third kappa shape index (κ3) is 5.87. The lowest BCUT2D eigenvalue weighted by Crippen LogP contribution is -2.48. The summed E-state index contributed by atoms with van der Waals surface area (Å²) in [4.78, 5) is 0. The molecule has 0 amide bonds. The van der Waals surface area contributed by atoms with Crippen LogP contribution in [0.25, 0.3) is 0 Å². The zero-order valence-corrected chi connectivity index (χ0v) is 12.1. The summed E-state index contributed by atoms with van der Waals surface area (Å²) in [6.07, 6.45) is 10.3. The Balaban J connectivity index is 2.03. The van der Waals surface area contributed by atoms with Gasteiger partial charge < -0.3 is 11.1 Å². The standard InChI is InChI=1S/C15H32N2/c1-4-5-6-8-14(2,3)13-17-12-11-15(16)9-7-10-15/h17H,4-13,16H2,1-3H3. The minimum absolute atomic E-state index is 0.180. The van der Waals surface area contributed by atoms with Gasteiger partial charge in [0.05, 0.1) is 0 Å². The van der Waals surface area contributed by atoms with Gasteiger partial charge in [0.15, 0.2) is 0 Å². The number of unbranched alkanes of at least 4 members (excludes halogenated alkanes) is 2. The Bertz CT molecular complexity index is 207. The van der Waals surface area contributed by atoms with Crippen LogP contribution in [0.5, 0.6) is 0 Å². The Hall–Kier alpha value is -0.0800. The molecule has 1 rings (SSSR count). The lowest BCUT2D eigenvalue weighted by Gasteiger charge is -2.38. The Morgan fingerprint density at radius 2 is 1.94 bits per heavy atom. The second kappa shape index (κ2) is 6.75. The Labute approximate surface area is 108 Å². The summed E-state index contributed by atoms with van der Waals surface area (Å²) in [5, 5.41) is 3.60. The van der Waals surface area contributed by atoms with Crippen molar-refractivity contribution in [2.45, 2.75) is 77.7 Å². The van der Waals surface area contributed by atoms with Gasteiger partial charge >= 0.3 is 0 Å². The van der Waals surface area contributed by atoms with E-state index in [-0.39, 0.29) is 5.54 Å². The molecule has 0 bridgehead atoms. The molecule has 0 atom stereocenters. The van der Waals surface area contributed by atoms with Crippen molar-refractivity contribution in [3.63, 3.8) is 0 Å². The molecule has 1 aliphatic rings. The molecule has 0 radical (unpaired) electrons. The highest BCUT2D eigenvalue weighted by Crippen LogP contribution is 2.31. The van der Waals surface area contributed by atoms with E-state index < -0.39 is 0 Å². The van der Waals surface area contributed by atoms with Gasteiger partial charge in [-0.2, -0.15) is 0 Å². The van der Waals surface area contributed by atoms with E-state index in [9.17, 15) is 0 Å². The molecule has 0 aromatic heterocycles. The molecule has 0 aliphatic heterocycles. The van der Waals surface area contributed by atoms with Crippen LogP contribution < -0.4 is 11.1 Å². The van der Waals surface area contributed by atoms with Crippen molar-refractivity contribution in [1.29, 1.82) is 0 Å². The van der Waals surface area contributed by atoms with E-state index >= 15 is 0 Å². The minimum Gasteiger partial charge on any atom is -0.325 e. The minimum atomic E-state index is 0.180. The summed E-state index contributed by atoms with van der Waals surface area (Å²) >= 11 is 0. The lowest BCUT2D eigenvalue weighted by molar-refractivity contribution is 0.222. The third-order valence-electron chi connectivity index (χ3n) is 4.21. The molecular formula is C15H32N2. The van der Waals surface area contributed by atoms with Gasteiger partial charge in [-0.3, -0.25) is 0 Å². The van der Waals surface area contributed by atoms with Crippen molar-refractivity contribution in [1.82, 2.24) is 5.32 Å². The first kappa shape index (κ1) is 15.0. The number of rotatable bonds is 9. The van der Waals surface area contributed by atoms with E-state index in [4.69, 9.17) is 5.73 Å². The van der Waals surface area contributed by atoms with Gasteiger partial charge in [-0.15, -0.1) is 0 Å². The molecule has 1 fully saturated rings. The first-order chi connectivity index (χ1) is 7.97. The molecule has 1 aliphatic carbocycles. The van der Waals surface area contributed by atoms with Crippen LogP contribution in [0.15, 0.2) is 0 Å². The highest BCUT2D eigenvalue weighted by molar-refractivity contribution is 4.92. The second-order valence-electron chi connectivity index (χ2n) is 6.76. The molecule has 0 heterocycles. The first-order valence-electron chi connectivity index (χ1n) is 7.47. The summed E-state index contributed by atoms with van der Waals surface area (Å²) < 4.78 is 0. The van der Waals surface area contributed by atoms with Crippen LogP contribution in [-0.4, -0.2) is 18.6 Å². The number of hydrogen-bond donors (Lipinski definition) is 2. The van der Waals surface area contributed by atoms with Gasteiger partial charge in [0.1, 0.15) is 0 Å². The van der Waals surface area contributed by atoms with Crippen LogP contribution in [0.2, 0.25) is 0 Å². The van der Waals surface area contributed by atoms with Crippen LogP contribution in [0.1, 0.15) is 72.1 Å². The van der Waals surface area contributed by atoms with Gasteiger partial charge in [0.2, 0.25) is 0 Å². The van der Waals surface area contributed by atoms with Gasteiger partial charge in [-0.05, 0) is 44.1 Å². The van der Waals surface area contributed by atoms with Crippen molar-refractivity contribution in [3.8, 4) is 0 Å². The van der Waals surface area contributed by atoms with Crippen molar-refractivity contribution in [2.24, 2.45) is 11.1 Å². The predicted molar refractivity (Wildman–Crippen MR) is 76.2 cm³/mol. The molecule has 3 N–H and O–H groups in total. The summed E-state index contributed by atoms with van der Waals surface area (Å²) in [6, 6.07) is 0. The quantitative estimate of drug-likeness (QED) is 0.606. The van der Waals surface area contributed by atoms with E-state index in [0.717, 1.165) is 19.5 Å². The summed E-state index contributed by atoms with van der Waals surface area (Å²) in [7, 11) is 0. The van der Waals surface area contributed by atoms with E-state index in [1.54, 1.807) is 0 Å². The fraction of sp³-hybridized carbons (Fsp3) is 1.00. The smallest absolute Gasteiger partial charge is 0.0166 e. The molecule has 17 heavy (non-hydrogen) atoms. The van der Waals surface area contributed by atoms with Gasteiger partial charge in [0, 0.05) is 12.1 Å². The van der Waals surface area contributed by atoms with Crippen molar-refractivity contribution < 1.29 is 0 Å². The Morgan fingerprint density at radius 1 is 1.24 bits per heavy atom. The molecule has 2 heteroatoms. The summed E-state index contributed by atoms with van der Waals surface area (Å²) in [5.74, 6) is 0. The third-order valence-corrected chi connectivity index (χ3v) is 4.21. The molecule has 0 aromatic rings. The average molecular weight is 240 g/mol. The van der Waals surface area contributed by atoms with Crippen molar-refractivity contribution in [2.75, 3.05) is 13.1 Å². The van der Waals surface area contributed by atoms with Crippen LogP contribution in [0.3, 0.4) is 0 Å². The van der Waals surface area contributed by atoms with E-state index in [1.807, 2.05) is 0 Å². The highest BCUT2D eigenvalue weighted by Gasteiger charge is 2.31. The monoisotopic (exact) mass is 240 g/mol. The van der Waals surface area contributed by atoms with Crippen LogP contribution in [0, 0.1) is 5.41 Å². The molecule has 0 aromatic carbocycles. The topological polar surface area (TPSA) is 38.0 Å². The van der Waals surface area contributed by atoms with E-state index in [2.05, 4.69) is 26.1 Å². The molecule has 1 saturated carbocycles. The molecule has 0 unspecified atom stereocenters. The Morgan fingerprint density at radius 3 is 2.47 bits per heavy atom. The normalized spacial score (nSPS) is 19.1. The van der Waals surface area contributed by atoms with E-state index in [1.165, 1.54) is 44.9 Å². The number of hydrogen-bond acceptors (Lipinski definition) is 2. The van der Waals surface area contributed by atoms with Gasteiger partial charge in [0.25, 0.3) is 0 Å². The van der Waals surface area contributed by atoms with E-state index in [0.29, 0.717) is 5.41 Å². The van der Waals surface area contributed by atoms with Crippen LogP contribution in [0.4, 0.5) is 0 Å². The second-order valence-corrected chi connectivity index (χ2v) is 6.76. The van der Waals surface area contributed by atoms with Crippen LogP contribution >= 0.6 is 0 Å². The zero-order valence-electron chi connectivity index (χ0n) is 12.1. The number of nitrogens with one attached hydrogen (secondary N) is 1. The van der Waals surface area contributed by atoms with Gasteiger partial charge in [-0.25, -0.2) is 0 Å². The largest absolute Gasteiger partial charge is 0.325 e. The summed E-state index contributed by atoms with van der Waals surface area (Å²) in [6.45, 7) is 9.24. The zero-order chi connectivity index (χ0) is 12.8. The lowest BCUT2D eigenvalue weighted by atomic mass is 9.75. The molecule has 2 nitrogen and oxygen atoms in total. The maximum Gasteiger partial charge on any atom is 0.0166 e. The Kier molecular flexibility index (Phi) is 5.94. The SMILES string of the molecule is CCCCCC(C)(C)CNCCC1(N)CCC1. The fourth-order valence-corrected chi connectivity index (χ4v) is 2.59. The summed E-state index contributed by atoms with van der Waals surface area (Å²) in [5.41, 5.74) is 6.83. The maximum atomic E-state index is 6.21. The first-order valence-corrected chi connectivity index (χ1v) is 7.47. The molecule has 0 saturated heterocycles.